The van der Waals surface area contributed by atoms with E-state index in [1.165, 1.54) is 5.56 Å². The zero-order chi connectivity index (χ0) is 18.9. The molecule has 0 fully saturated rings. The Labute approximate surface area is 163 Å². The molecule has 0 saturated heterocycles. The summed E-state index contributed by atoms with van der Waals surface area (Å²) in [6.45, 7) is 2.52. The maximum Gasteiger partial charge on any atom is 0.227 e. The summed E-state index contributed by atoms with van der Waals surface area (Å²) in [7, 11) is 2.09. The molecule has 6 nitrogen and oxygen atoms in total. The number of carbonyl (C=O) groups is 1. The number of carbonyl (C=O) groups excluding carboxylic acids is 1. The van der Waals surface area contributed by atoms with E-state index in [1.807, 2.05) is 22.9 Å². The van der Waals surface area contributed by atoms with Crippen LogP contribution < -0.4 is 5.32 Å². The summed E-state index contributed by atoms with van der Waals surface area (Å²) < 4.78 is 5.21. The van der Waals surface area contributed by atoms with Gasteiger partial charge in [0.1, 0.15) is 0 Å². The van der Waals surface area contributed by atoms with Gasteiger partial charge < -0.3 is 14.7 Å². The molecule has 0 aliphatic rings. The van der Waals surface area contributed by atoms with E-state index in [1.54, 1.807) is 11.3 Å². The highest BCUT2D eigenvalue weighted by Gasteiger charge is 2.10. The van der Waals surface area contributed by atoms with Crippen molar-refractivity contribution in [1.82, 2.24) is 20.4 Å². The quantitative estimate of drug-likeness (QED) is 0.543. The van der Waals surface area contributed by atoms with Crippen LogP contribution in [0.3, 0.4) is 0 Å². The number of aryl methyl sites for hydroxylation is 1. The third-order valence-electron chi connectivity index (χ3n) is 4.15. The lowest BCUT2D eigenvalue weighted by Crippen LogP contribution is -2.28. The Kier molecular flexibility index (Phi) is 7.12. The number of nitrogens with one attached hydrogen (secondary N) is 1. The van der Waals surface area contributed by atoms with Crippen LogP contribution in [0.15, 0.2) is 51.7 Å². The van der Waals surface area contributed by atoms with Crippen molar-refractivity contribution in [1.29, 1.82) is 0 Å². The molecule has 0 atom stereocenters. The van der Waals surface area contributed by atoms with E-state index in [0.29, 0.717) is 31.1 Å². The smallest absolute Gasteiger partial charge is 0.227 e. The molecule has 1 N–H and O–H groups in total. The number of amides is 1. The van der Waals surface area contributed by atoms with Gasteiger partial charge in [0.2, 0.25) is 17.6 Å². The van der Waals surface area contributed by atoms with Gasteiger partial charge in [-0.2, -0.15) is 16.3 Å². The summed E-state index contributed by atoms with van der Waals surface area (Å²) in [5.41, 5.74) is 2.24. The van der Waals surface area contributed by atoms with Gasteiger partial charge in [-0.3, -0.25) is 4.79 Å². The molecule has 0 bridgehead atoms. The first-order valence-electron chi connectivity index (χ1n) is 9.05. The van der Waals surface area contributed by atoms with Crippen LogP contribution in [0.4, 0.5) is 0 Å². The fourth-order valence-electron chi connectivity index (χ4n) is 2.73. The van der Waals surface area contributed by atoms with Gasteiger partial charge in [-0.15, -0.1) is 0 Å². The van der Waals surface area contributed by atoms with Crippen molar-refractivity contribution < 1.29 is 9.32 Å². The van der Waals surface area contributed by atoms with E-state index in [0.717, 1.165) is 25.1 Å². The van der Waals surface area contributed by atoms with Crippen LogP contribution in [-0.4, -0.2) is 41.1 Å². The molecule has 0 aliphatic heterocycles. The third kappa shape index (κ3) is 6.30. The van der Waals surface area contributed by atoms with Crippen molar-refractivity contribution in [2.75, 3.05) is 20.1 Å². The SMILES string of the molecule is CN(CCCNC(=O)CCc1nc(-c2ccsc2)no1)Cc1ccccc1. The molecular formula is C20H24N4O2S. The second-order valence-corrected chi connectivity index (χ2v) is 7.23. The summed E-state index contributed by atoms with van der Waals surface area (Å²) >= 11 is 1.59. The summed E-state index contributed by atoms with van der Waals surface area (Å²) in [6.07, 6.45) is 1.72. The van der Waals surface area contributed by atoms with Gasteiger partial charge in [-0.25, -0.2) is 0 Å². The second kappa shape index (κ2) is 9.99. The largest absolute Gasteiger partial charge is 0.356 e. The lowest BCUT2D eigenvalue weighted by Gasteiger charge is -2.16. The number of benzene rings is 1. The van der Waals surface area contributed by atoms with Crippen molar-refractivity contribution in [2.24, 2.45) is 0 Å². The Bertz CT molecular complexity index is 818. The monoisotopic (exact) mass is 384 g/mol. The maximum atomic E-state index is 12.0. The van der Waals surface area contributed by atoms with E-state index >= 15 is 0 Å². The molecule has 0 radical (unpaired) electrons. The van der Waals surface area contributed by atoms with E-state index in [2.05, 4.69) is 51.7 Å². The highest BCUT2D eigenvalue weighted by molar-refractivity contribution is 7.08. The minimum absolute atomic E-state index is 0.0102. The van der Waals surface area contributed by atoms with Crippen LogP contribution in [0.25, 0.3) is 11.4 Å². The van der Waals surface area contributed by atoms with E-state index < -0.39 is 0 Å². The number of hydrogen-bond donors (Lipinski definition) is 1. The number of thiophene rings is 1. The predicted molar refractivity (Wildman–Crippen MR) is 106 cm³/mol. The van der Waals surface area contributed by atoms with Crippen molar-refractivity contribution in [2.45, 2.75) is 25.8 Å². The lowest BCUT2D eigenvalue weighted by atomic mass is 10.2. The first-order valence-corrected chi connectivity index (χ1v) is 9.99. The molecule has 2 heterocycles. The molecule has 7 heteroatoms. The molecule has 1 aromatic carbocycles. The van der Waals surface area contributed by atoms with E-state index in [-0.39, 0.29) is 5.91 Å². The summed E-state index contributed by atoms with van der Waals surface area (Å²) in [5.74, 6) is 1.08. The van der Waals surface area contributed by atoms with E-state index in [9.17, 15) is 4.79 Å². The Hall–Kier alpha value is -2.51. The molecule has 3 aromatic rings. The molecule has 142 valence electrons. The highest BCUT2D eigenvalue weighted by atomic mass is 32.1. The molecule has 0 unspecified atom stereocenters. The Morgan fingerprint density at radius 1 is 1.26 bits per heavy atom. The molecule has 2 aromatic heterocycles. The summed E-state index contributed by atoms with van der Waals surface area (Å²) in [4.78, 5) is 18.6. The van der Waals surface area contributed by atoms with Crippen LogP contribution in [0.2, 0.25) is 0 Å². The minimum Gasteiger partial charge on any atom is -0.356 e. The topological polar surface area (TPSA) is 71.3 Å². The lowest BCUT2D eigenvalue weighted by molar-refractivity contribution is -0.121. The van der Waals surface area contributed by atoms with Gasteiger partial charge in [0, 0.05) is 36.9 Å². The predicted octanol–water partition coefficient (Wildman–Crippen LogP) is 3.37. The van der Waals surface area contributed by atoms with Gasteiger partial charge in [-0.1, -0.05) is 35.5 Å². The summed E-state index contributed by atoms with van der Waals surface area (Å²) in [6, 6.07) is 12.3. The third-order valence-corrected chi connectivity index (χ3v) is 4.83. The molecule has 0 saturated carbocycles. The molecule has 0 aliphatic carbocycles. The molecular weight excluding hydrogens is 360 g/mol. The van der Waals surface area contributed by atoms with Crippen LogP contribution in [0, 0.1) is 0 Å². The van der Waals surface area contributed by atoms with Gasteiger partial charge in [-0.05, 0) is 37.0 Å². The Balaban J connectivity index is 1.30. The van der Waals surface area contributed by atoms with Crippen molar-refractivity contribution >= 4 is 17.2 Å². The average Bonchev–Trinajstić information content (AvgIpc) is 3.36. The highest BCUT2D eigenvalue weighted by Crippen LogP contribution is 2.18. The van der Waals surface area contributed by atoms with Gasteiger partial charge in [0.15, 0.2) is 0 Å². The first-order chi connectivity index (χ1) is 13.2. The zero-order valence-electron chi connectivity index (χ0n) is 15.4. The van der Waals surface area contributed by atoms with Crippen molar-refractivity contribution in [3.63, 3.8) is 0 Å². The standard InChI is InChI=1S/C20H24N4O2S/c1-24(14-16-6-3-2-4-7-16)12-5-11-21-18(25)8-9-19-22-20(23-26-19)17-10-13-27-15-17/h2-4,6-7,10,13,15H,5,8-9,11-12,14H2,1H3,(H,21,25). The van der Waals surface area contributed by atoms with Crippen LogP contribution in [0.5, 0.6) is 0 Å². The van der Waals surface area contributed by atoms with Crippen molar-refractivity contribution in [3.05, 3.63) is 58.6 Å². The van der Waals surface area contributed by atoms with Crippen molar-refractivity contribution in [3.8, 4) is 11.4 Å². The number of rotatable bonds is 10. The number of nitrogens with zero attached hydrogens (tertiary/aromatic N) is 3. The molecule has 1 amide bonds. The van der Waals surface area contributed by atoms with E-state index in [4.69, 9.17) is 4.52 Å². The average molecular weight is 385 g/mol. The number of aromatic nitrogens is 2. The fourth-order valence-corrected chi connectivity index (χ4v) is 3.36. The summed E-state index contributed by atoms with van der Waals surface area (Å²) in [5, 5.41) is 10.8. The van der Waals surface area contributed by atoms with Crippen LogP contribution in [0.1, 0.15) is 24.3 Å². The molecule has 3 rings (SSSR count). The fraction of sp³-hybridized carbons (Fsp3) is 0.350. The Morgan fingerprint density at radius 3 is 2.89 bits per heavy atom. The minimum atomic E-state index is 0.0102. The van der Waals surface area contributed by atoms with Gasteiger partial charge >= 0.3 is 0 Å². The van der Waals surface area contributed by atoms with Crippen LogP contribution >= 0.6 is 11.3 Å². The molecule has 27 heavy (non-hydrogen) atoms. The molecule has 0 spiro atoms. The first kappa shape index (κ1) is 19.3. The Morgan fingerprint density at radius 2 is 2.11 bits per heavy atom. The van der Waals surface area contributed by atoms with Gasteiger partial charge in [0.25, 0.3) is 0 Å². The van der Waals surface area contributed by atoms with Crippen LogP contribution in [-0.2, 0) is 17.8 Å². The normalized spacial score (nSPS) is 11.0. The number of hydrogen-bond acceptors (Lipinski definition) is 6. The van der Waals surface area contributed by atoms with Gasteiger partial charge in [0.05, 0.1) is 0 Å². The maximum absolute atomic E-state index is 12.0. The zero-order valence-corrected chi connectivity index (χ0v) is 16.2. The second-order valence-electron chi connectivity index (χ2n) is 6.45.